The molecule has 1 saturated heterocycles. The van der Waals surface area contributed by atoms with Crippen LogP contribution >= 0.6 is 0 Å². The number of benzene rings is 3. The Morgan fingerprint density at radius 3 is 2.23 bits per heavy atom. The number of hydrogen-bond acceptors (Lipinski definition) is 3. The van der Waals surface area contributed by atoms with E-state index >= 15 is 0 Å². The van der Waals surface area contributed by atoms with Crippen LogP contribution in [-0.4, -0.2) is 16.1 Å². The summed E-state index contributed by atoms with van der Waals surface area (Å²) in [4.78, 5) is 14.9. The minimum Gasteiger partial charge on any atom is -0.508 e. The highest BCUT2D eigenvalue weighted by Crippen LogP contribution is 2.46. The maximum atomic E-state index is 13.1. The molecular formula is C26H26FNO3. The quantitative estimate of drug-likeness (QED) is 0.510. The second-order valence-electron chi connectivity index (χ2n) is 8.02. The molecule has 4 rings (SSSR count). The molecule has 2 unspecified atom stereocenters. The average molecular weight is 419 g/mol. The summed E-state index contributed by atoms with van der Waals surface area (Å²) in [5.74, 6) is -0.419. The minimum absolute atomic E-state index is 0.0219. The van der Waals surface area contributed by atoms with Gasteiger partial charge in [-0.05, 0) is 72.4 Å². The fourth-order valence-electron chi connectivity index (χ4n) is 4.25. The van der Waals surface area contributed by atoms with Crippen LogP contribution in [0.5, 0.6) is 5.75 Å². The van der Waals surface area contributed by atoms with Crippen LogP contribution in [-0.2, 0) is 11.2 Å². The molecule has 1 amide bonds. The summed E-state index contributed by atoms with van der Waals surface area (Å²) in [6.45, 7) is 2.09. The van der Waals surface area contributed by atoms with Crippen molar-refractivity contribution in [3.05, 3.63) is 95.3 Å². The topological polar surface area (TPSA) is 60.8 Å². The van der Waals surface area contributed by atoms with Crippen molar-refractivity contribution in [2.24, 2.45) is 5.92 Å². The van der Waals surface area contributed by atoms with E-state index < -0.39 is 6.10 Å². The molecule has 0 spiro atoms. The van der Waals surface area contributed by atoms with Gasteiger partial charge in [0.2, 0.25) is 5.91 Å². The molecule has 3 atom stereocenters. The van der Waals surface area contributed by atoms with Crippen LogP contribution in [0.25, 0.3) is 0 Å². The van der Waals surface area contributed by atoms with Crippen molar-refractivity contribution in [1.29, 1.82) is 0 Å². The van der Waals surface area contributed by atoms with Gasteiger partial charge in [-0.2, -0.15) is 0 Å². The summed E-state index contributed by atoms with van der Waals surface area (Å²) < 4.78 is 13.1. The highest BCUT2D eigenvalue weighted by Gasteiger charge is 2.48. The van der Waals surface area contributed by atoms with Crippen LogP contribution in [0, 0.1) is 11.7 Å². The van der Waals surface area contributed by atoms with Crippen LogP contribution in [0.4, 0.5) is 10.1 Å². The second kappa shape index (κ2) is 8.90. The van der Waals surface area contributed by atoms with Gasteiger partial charge < -0.3 is 15.1 Å². The zero-order chi connectivity index (χ0) is 22.0. The molecule has 1 heterocycles. The Kier molecular flexibility index (Phi) is 6.05. The summed E-state index contributed by atoms with van der Waals surface area (Å²) in [6.07, 6.45) is 1.08. The number of phenols is 1. The van der Waals surface area contributed by atoms with Crippen LogP contribution in [0.2, 0.25) is 0 Å². The molecule has 0 bridgehead atoms. The Morgan fingerprint density at radius 1 is 0.968 bits per heavy atom. The molecule has 31 heavy (non-hydrogen) atoms. The van der Waals surface area contributed by atoms with Crippen LogP contribution in [0.15, 0.2) is 72.8 Å². The Bertz CT molecular complexity index is 1030. The molecule has 1 aliphatic heterocycles. The fourth-order valence-corrected chi connectivity index (χ4v) is 4.25. The van der Waals surface area contributed by atoms with Gasteiger partial charge in [-0.1, -0.05) is 43.3 Å². The van der Waals surface area contributed by atoms with Crippen LogP contribution < -0.4 is 4.90 Å². The number of phenolic OH excluding ortho intramolecular Hbond substituents is 1. The van der Waals surface area contributed by atoms with Gasteiger partial charge in [-0.15, -0.1) is 0 Å². The summed E-state index contributed by atoms with van der Waals surface area (Å²) in [7, 11) is 0. The minimum atomic E-state index is -0.758. The third-order valence-corrected chi connectivity index (χ3v) is 6.08. The van der Waals surface area contributed by atoms with Crippen molar-refractivity contribution in [3.63, 3.8) is 0 Å². The van der Waals surface area contributed by atoms with E-state index in [4.69, 9.17) is 0 Å². The summed E-state index contributed by atoms with van der Waals surface area (Å²) in [5, 5.41) is 20.2. The number of amides is 1. The number of aliphatic hydroxyl groups is 1. The normalized spacial score (nSPS) is 19.2. The molecule has 5 heteroatoms. The molecule has 0 radical (unpaired) electrons. The van der Waals surface area contributed by atoms with E-state index in [0.29, 0.717) is 18.4 Å². The van der Waals surface area contributed by atoms with Crippen molar-refractivity contribution in [1.82, 2.24) is 0 Å². The molecule has 1 aliphatic rings. The predicted molar refractivity (Wildman–Crippen MR) is 118 cm³/mol. The lowest BCUT2D eigenvalue weighted by atomic mass is 9.78. The lowest BCUT2D eigenvalue weighted by Crippen LogP contribution is -2.55. The monoisotopic (exact) mass is 419 g/mol. The number of halogens is 1. The first kappa shape index (κ1) is 21.1. The highest BCUT2D eigenvalue weighted by atomic mass is 19.1. The molecule has 0 aromatic heterocycles. The zero-order valence-electron chi connectivity index (χ0n) is 17.4. The van der Waals surface area contributed by atoms with E-state index in [2.05, 4.69) is 6.92 Å². The smallest absolute Gasteiger partial charge is 0.233 e. The van der Waals surface area contributed by atoms with Crippen LogP contribution in [0.3, 0.4) is 0 Å². The Labute approximate surface area is 181 Å². The van der Waals surface area contributed by atoms with E-state index in [1.807, 2.05) is 36.4 Å². The van der Waals surface area contributed by atoms with Crippen molar-refractivity contribution in [2.45, 2.75) is 38.3 Å². The summed E-state index contributed by atoms with van der Waals surface area (Å²) in [5.41, 5.74) is 3.63. The number of aromatic hydroxyl groups is 1. The molecule has 0 aliphatic carbocycles. The highest BCUT2D eigenvalue weighted by molar-refractivity contribution is 6.03. The van der Waals surface area contributed by atoms with Crippen molar-refractivity contribution >= 4 is 11.6 Å². The number of β-lactam (4-membered cyclic amide) rings is 1. The Hall–Kier alpha value is -3.18. The number of aryl methyl sites for hydroxylation is 1. The number of anilines is 1. The van der Waals surface area contributed by atoms with Gasteiger partial charge in [0.05, 0.1) is 18.1 Å². The van der Waals surface area contributed by atoms with Gasteiger partial charge in [0.15, 0.2) is 0 Å². The number of carbonyl (C=O) groups excluding carboxylic acids is 1. The predicted octanol–water partition coefficient (Wildman–Crippen LogP) is 5.31. The van der Waals surface area contributed by atoms with Crippen molar-refractivity contribution in [3.8, 4) is 5.75 Å². The third kappa shape index (κ3) is 4.32. The van der Waals surface area contributed by atoms with E-state index in [1.54, 1.807) is 29.2 Å². The molecule has 160 valence electrons. The maximum Gasteiger partial charge on any atom is 0.233 e. The Morgan fingerprint density at radius 2 is 1.61 bits per heavy atom. The van der Waals surface area contributed by atoms with Gasteiger partial charge in [0, 0.05) is 5.69 Å². The standard InChI is InChI=1S/C26H26FNO3/c1-2-17-3-11-21(12-4-17)28-25(19-7-13-22(29)14-8-19)23(26(28)31)15-16-24(30)18-5-9-20(27)10-6-18/h3-14,23-25,29-30H,2,15-16H2,1H3/t23-,24?,25?/m1/s1. The van der Waals surface area contributed by atoms with Crippen molar-refractivity contribution < 1.29 is 19.4 Å². The van der Waals surface area contributed by atoms with E-state index in [9.17, 15) is 19.4 Å². The van der Waals surface area contributed by atoms with Gasteiger partial charge >= 0.3 is 0 Å². The number of carbonyl (C=O) groups is 1. The number of aliphatic hydroxyl groups excluding tert-OH is 1. The fraction of sp³-hybridized carbons (Fsp3) is 0.269. The van der Waals surface area contributed by atoms with Gasteiger partial charge in [0.25, 0.3) is 0 Å². The number of nitrogens with zero attached hydrogens (tertiary/aromatic N) is 1. The summed E-state index contributed by atoms with van der Waals surface area (Å²) >= 11 is 0. The first-order valence-electron chi connectivity index (χ1n) is 10.6. The first-order valence-corrected chi connectivity index (χ1v) is 10.6. The van der Waals surface area contributed by atoms with Crippen molar-refractivity contribution in [2.75, 3.05) is 4.90 Å². The van der Waals surface area contributed by atoms with Gasteiger partial charge in [0.1, 0.15) is 11.6 Å². The first-order chi connectivity index (χ1) is 15.0. The van der Waals surface area contributed by atoms with E-state index in [1.165, 1.54) is 17.7 Å². The average Bonchev–Trinajstić information content (AvgIpc) is 2.79. The van der Waals surface area contributed by atoms with Gasteiger partial charge in [-0.25, -0.2) is 4.39 Å². The largest absolute Gasteiger partial charge is 0.508 e. The third-order valence-electron chi connectivity index (χ3n) is 6.08. The molecular weight excluding hydrogens is 393 g/mol. The lowest BCUT2D eigenvalue weighted by Gasteiger charge is -2.48. The maximum absolute atomic E-state index is 13.1. The zero-order valence-corrected chi connectivity index (χ0v) is 17.4. The number of rotatable bonds is 7. The summed E-state index contributed by atoms with van der Waals surface area (Å²) in [6, 6.07) is 20.5. The second-order valence-corrected chi connectivity index (χ2v) is 8.02. The molecule has 4 nitrogen and oxygen atoms in total. The SMILES string of the molecule is CCc1ccc(N2C(=O)[C@H](CCC(O)c3ccc(F)cc3)C2c2ccc(O)cc2)cc1. The molecule has 0 saturated carbocycles. The molecule has 2 N–H and O–H groups in total. The van der Waals surface area contributed by atoms with E-state index in [-0.39, 0.29) is 29.4 Å². The number of hydrogen-bond donors (Lipinski definition) is 2. The lowest BCUT2D eigenvalue weighted by molar-refractivity contribution is -0.131. The molecule has 3 aromatic rings. The van der Waals surface area contributed by atoms with E-state index in [0.717, 1.165) is 17.7 Å². The molecule has 3 aromatic carbocycles. The van der Waals surface area contributed by atoms with Gasteiger partial charge in [-0.3, -0.25) is 4.79 Å². The molecule has 1 fully saturated rings. The van der Waals surface area contributed by atoms with Crippen LogP contribution in [0.1, 0.15) is 48.6 Å². The Balaban J connectivity index is 1.54.